The first-order chi connectivity index (χ1) is 11.2. The summed E-state index contributed by atoms with van der Waals surface area (Å²) in [6.45, 7) is 2.09. The van der Waals surface area contributed by atoms with Gasteiger partial charge in [0.25, 0.3) is 0 Å². The highest BCUT2D eigenvalue weighted by Gasteiger charge is 2.56. The van der Waals surface area contributed by atoms with Crippen LogP contribution in [-0.2, 0) is 14.3 Å². The van der Waals surface area contributed by atoms with Gasteiger partial charge in [0.05, 0.1) is 25.0 Å². The number of hydrogen-bond donors (Lipinski definition) is 1. The number of fused-ring (bicyclic) bond motifs is 1. The third-order valence-electron chi connectivity index (χ3n) is 5.54. The molecule has 0 spiro atoms. The fraction of sp³-hybridized carbons (Fsp3) is 0.688. The zero-order valence-corrected chi connectivity index (χ0v) is 12.9. The molecule has 5 rings (SSSR count). The third-order valence-corrected chi connectivity index (χ3v) is 5.54. The molecule has 4 atom stereocenters. The predicted octanol–water partition coefficient (Wildman–Crippen LogP) is 0.183. The topological polar surface area (TPSA) is 79.0 Å². The number of imide groups is 1. The molecule has 2 heterocycles. The maximum Gasteiger partial charge on any atom is 0.318 e. The fourth-order valence-corrected chi connectivity index (χ4v) is 4.32. The van der Waals surface area contributed by atoms with Gasteiger partial charge in [-0.1, -0.05) is 12.2 Å². The SMILES string of the molecule is O=C(NCN1C(=O)[C@@H]2[C@@H](C1=O)[C@H]1C=C[C@H]2CC1)N1CCOCC1. The molecule has 3 fully saturated rings. The molecule has 5 aliphatic rings. The van der Waals surface area contributed by atoms with Crippen molar-refractivity contribution in [3.05, 3.63) is 12.2 Å². The minimum Gasteiger partial charge on any atom is -0.378 e. The molecule has 0 radical (unpaired) electrons. The van der Waals surface area contributed by atoms with Crippen molar-refractivity contribution in [2.24, 2.45) is 23.7 Å². The molecular weight excluding hydrogens is 298 g/mol. The zero-order chi connectivity index (χ0) is 16.0. The van der Waals surface area contributed by atoms with Crippen molar-refractivity contribution in [1.82, 2.24) is 15.1 Å². The van der Waals surface area contributed by atoms with Crippen molar-refractivity contribution < 1.29 is 19.1 Å². The molecule has 1 saturated carbocycles. The van der Waals surface area contributed by atoms with E-state index in [0.29, 0.717) is 26.3 Å². The first kappa shape index (κ1) is 14.7. The van der Waals surface area contributed by atoms with Crippen LogP contribution in [0.2, 0.25) is 0 Å². The molecular formula is C16H21N3O4. The molecule has 0 unspecified atom stereocenters. The summed E-state index contributed by atoms with van der Waals surface area (Å²) in [6.07, 6.45) is 6.15. The molecule has 1 N–H and O–H groups in total. The molecule has 0 aromatic carbocycles. The van der Waals surface area contributed by atoms with Gasteiger partial charge in [0.15, 0.2) is 0 Å². The lowest BCUT2D eigenvalue weighted by Gasteiger charge is -2.38. The van der Waals surface area contributed by atoms with E-state index in [0.717, 1.165) is 12.8 Å². The number of nitrogens with one attached hydrogen (secondary N) is 1. The normalized spacial score (nSPS) is 35.7. The fourth-order valence-electron chi connectivity index (χ4n) is 4.32. The van der Waals surface area contributed by atoms with E-state index in [9.17, 15) is 14.4 Å². The van der Waals surface area contributed by atoms with E-state index in [1.807, 2.05) is 0 Å². The Bertz CT molecular complexity index is 538. The third kappa shape index (κ3) is 2.34. The molecule has 0 aromatic heterocycles. The van der Waals surface area contributed by atoms with Crippen molar-refractivity contribution in [1.29, 1.82) is 0 Å². The van der Waals surface area contributed by atoms with Crippen LogP contribution in [0.25, 0.3) is 0 Å². The predicted molar refractivity (Wildman–Crippen MR) is 80.0 cm³/mol. The molecule has 23 heavy (non-hydrogen) atoms. The lowest BCUT2D eigenvalue weighted by atomic mass is 9.63. The molecule has 3 aliphatic carbocycles. The van der Waals surface area contributed by atoms with Gasteiger partial charge in [0.1, 0.15) is 6.67 Å². The second kappa shape index (κ2) is 5.63. The number of likely N-dealkylation sites (tertiary alicyclic amines) is 1. The van der Waals surface area contributed by atoms with Crippen LogP contribution in [0.4, 0.5) is 4.79 Å². The summed E-state index contributed by atoms with van der Waals surface area (Å²) in [5.41, 5.74) is 0. The minimum absolute atomic E-state index is 0.0275. The van der Waals surface area contributed by atoms with Gasteiger partial charge in [-0.05, 0) is 24.7 Å². The van der Waals surface area contributed by atoms with Gasteiger partial charge in [0.2, 0.25) is 11.8 Å². The number of morpholine rings is 1. The number of rotatable bonds is 2. The monoisotopic (exact) mass is 319 g/mol. The van der Waals surface area contributed by atoms with Gasteiger partial charge < -0.3 is 15.0 Å². The van der Waals surface area contributed by atoms with Gasteiger partial charge in [-0.3, -0.25) is 14.5 Å². The number of amides is 4. The Hall–Kier alpha value is -1.89. The number of carbonyl (C=O) groups is 3. The van der Waals surface area contributed by atoms with Crippen molar-refractivity contribution in [3.63, 3.8) is 0 Å². The molecule has 124 valence electrons. The lowest BCUT2D eigenvalue weighted by molar-refractivity contribution is -0.140. The zero-order valence-electron chi connectivity index (χ0n) is 12.9. The van der Waals surface area contributed by atoms with Crippen LogP contribution in [0.5, 0.6) is 0 Å². The number of hydrogen-bond acceptors (Lipinski definition) is 4. The number of carbonyl (C=O) groups excluding carboxylic acids is 3. The summed E-state index contributed by atoms with van der Waals surface area (Å²) in [5, 5.41) is 2.71. The Kier molecular flexibility index (Phi) is 3.60. The number of nitrogens with zero attached hydrogens (tertiary/aromatic N) is 2. The van der Waals surface area contributed by atoms with Crippen molar-refractivity contribution in [2.75, 3.05) is 33.0 Å². The molecule has 4 amide bonds. The Balaban J connectivity index is 1.41. The molecule has 7 heteroatoms. The summed E-state index contributed by atoms with van der Waals surface area (Å²) < 4.78 is 5.21. The first-order valence-corrected chi connectivity index (χ1v) is 8.31. The van der Waals surface area contributed by atoms with E-state index in [2.05, 4.69) is 17.5 Å². The Morgan fingerprint density at radius 1 is 1.09 bits per heavy atom. The van der Waals surface area contributed by atoms with Crippen LogP contribution in [0.15, 0.2) is 12.2 Å². The molecule has 2 saturated heterocycles. The average Bonchev–Trinajstić information content (AvgIpc) is 2.88. The molecule has 0 aromatic rings. The van der Waals surface area contributed by atoms with Crippen LogP contribution < -0.4 is 5.32 Å². The van der Waals surface area contributed by atoms with Gasteiger partial charge in [-0.2, -0.15) is 0 Å². The Labute approximate surface area is 134 Å². The minimum atomic E-state index is -0.245. The van der Waals surface area contributed by atoms with Gasteiger partial charge in [0, 0.05) is 13.1 Å². The van der Waals surface area contributed by atoms with Crippen LogP contribution in [-0.4, -0.2) is 60.6 Å². The highest BCUT2D eigenvalue weighted by atomic mass is 16.5. The summed E-state index contributed by atoms with van der Waals surface area (Å²) in [5.74, 6) is -0.316. The maximum atomic E-state index is 12.6. The van der Waals surface area contributed by atoms with E-state index in [1.165, 1.54) is 4.90 Å². The highest BCUT2D eigenvalue weighted by Crippen LogP contribution is 2.49. The van der Waals surface area contributed by atoms with Gasteiger partial charge in [-0.15, -0.1) is 0 Å². The summed E-state index contributed by atoms with van der Waals surface area (Å²) in [7, 11) is 0. The Morgan fingerprint density at radius 3 is 2.17 bits per heavy atom. The van der Waals surface area contributed by atoms with Crippen molar-refractivity contribution >= 4 is 17.8 Å². The smallest absolute Gasteiger partial charge is 0.318 e. The maximum absolute atomic E-state index is 12.6. The van der Waals surface area contributed by atoms with Crippen LogP contribution in [0.1, 0.15) is 12.8 Å². The Morgan fingerprint density at radius 2 is 1.65 bits per heavy atom. The van der Waals surface area contributed by atoms with Crippen LogP contribution >= 0.6 is 0 Å². The molecule has 2 bridgehead atoms. The van der Waals surface area contributed by atoms with Gasteiger partial charge >= 0.3 is 6.03 Å². The van der Waals surface area contributed by atoms with Gasteiger partial charge in [-0.25, -0.2) is 4.79 Å². The summed E-state index contributed by atoms with van der Waals surface area (Å²) in [6, 6.07) is -0.245. The van der Waals surface area contributed by atoms with Crippen molar-refractivity contribution in [2.45, 2.75) is 12.8 Å². The lowest BCUT2D eigenvalue weighted by Crippen LogP contribution is -2.50. The quantitative estimate of drug-likeness (QED) is 0.582. The standard InChI is InChI=1S/C16H21N3O4/c20-14-12-10-1-2-11(4-3-10)13(12)15(21)19(14)9-17-16(22)18-5-7-23-8-6-18/h1-2,10-13H,3-9H2,(H,17,22)/t10-,11-,12-,13-/m0/s1. The second-order valence-electron chi connectivity index (χ2n) is 6.69. The largest absolute Gasteiger partial charge is 0.378 e. The highest BCUT2D eigenvalue weighted by molar-refractivity contribution is 6.06. The van der Waals surface area contributed by atoms with E-state index in [4.69, 9.17) is 4.74 Å². The van der Waals surface area contributed by atoms with E-state index in [1.54, 1.807) is 4.90 Å². The van der Waals surface area contributed by atoms with E-state index in [-0.39, 0.29) is 48.2 Å². The second-order valence-corrected chi connectivity index (χ2v) is 6.69. The average molecular weight is 319 g/mol. The summed E-state index contributed by atoms with van der Waals surface area (Å²) >= 11 is 0. The van der Waals surface area contributed by atoms with Crippen LogP contribution in [0, 0.1) is 23.7 Å². The van der Waals surface area contributed by atoms with E-state index < -0.39 is 0 Å². The van der Waals surface area contributed by atoms with Crippen LogP contribution in [0.3, 0.4) is 0 Å². The molecule has 7 nitrogen and oxygen atoms in total. The van der Waals surface area contributed by atoms with E-state index >= 15 is 0 Å². The first-order valence-electron chi connectivity index (χ1n) is 8.31. The number of urea groups is 1. The number of allylic oxidation sites excluding steroid dienone is 2. The summed E-state index contributed by atoms with van der Waals surface area (Å²) in [4.78, 5) is 40.2. The van der Waals surface area contributed by atoms with Crippen molar-refractivity contribution in [3.8, 4) is 0 Å². The number of ether oxygens (including phenoxy) is 1. The molecule has 2 aliphatic heterocycles.